The fourth-order valence-corrected chi connectivity index (χ4v) is 4.16. The molecule has 0 aliphatic heterocycles. The van der Waals surface area contributed by atoms with Gasteiger partial charge in [-0.25, -0.2) is 9.18 Å². The number of alkyl halides is 3. The van der Waals surface area contributed by atoms with E-state index in [0.29, 0.717) is 0 Å². The van der Waals surface area contributed by atoms with E-state index in [1.165, 1.54) is 25.2 Å². The summed E-state index contributed by atoms with van der Waals surface area (Å²) in [6, 6.07) is 7.49. The molecule has 0 spiro atoms. The highest BCUT2D eigenvalue weighted by Gasteiger charge is 2.59. The maximum absolute atomic E-state index is 14.2. The third-order valence-electron chi connectivity index (χ3n) is 5.70. The monoisotopic (exact) mass is 547 g/mol. The molecule has 3 rings (SSSR count). The molecule has 0 radical (unpaired) electrons. The second kappa shape index (κ2) is 10.1. The Hall–Kier alpha value is -3.08. The van der Waals surface area contributed by atoms with Gasteiger partial charge >= 0.3 is 12.1 Å². The molecule has 3 aromatic rings. The second-order valence-corrected chi connectivity index (χ2v) is 8.62. The zero-order valence-electron chi connectivity index (χ0n) is 19.0. The van der Waals surface area contributed by atoms with Gasteiger partial charge in [0.25, 0.3) is 0 Å². The van der Waals surface area contributed by atoms with E-state index in [-0.39, 0.29) is 32.7 Å². The predicted octanol–water partition coefficient (Wildman–Crippen LogP) is 5.96. The minimum atomic E-state index is -5.16. The highest BCUT2D eigenvalue weighted by atomic mass is 35.5. The van der Waals surface area contributed by atoms with E-state index < -0.39 is 40.6 Å². The molecule has 36 heavy (non-hydrogen) atoms. The van der Waals surface area contributed by atoms with Crippen LogP contribution in [0.5, 0.6) is 11.5 Å². The first-order chi connectivity index (χ1) is 16.7. The van der Waals surface area contributed by atoms with Crippen molar-refractivity contribution in [3.05, 3.63) is 91.6 Å². The van der Waals surface area contributed by atoms with Crippen molar-refractivity contribution in [2.75, 3.05) is 7.11 Å². The van der Waals surface area contributed by atoms with Gasteiger partial charge in [0.05, 0.1) is 17.7 Å². The number of hydrogen-bond donors (Lipinski definition) is 1. The van der Waals surface area contributed by atoms with Crippen LogP contribution < -0.4 is 10.3 Å². The lowest BCUT2D eigenvalue weighted by Crippen LogP contribution is -2.47. The molecule has 0 saturated heterocycles. The molecule has 0 bridgehead atoms. The van der Waals surface area contributed by atoms with Gasteiger partial charge in [0.2, 0.25) is 5.56 Å². The average molecular weight is 548 g/mol. The largest absolute Gasteiger partial charge is 0.465 e. The maximum Gasteiger partial charge on any atom is 0.422 e. The maximum atomic E-state index is 14.2. The van der Waals surface area contributed by atoms with Crippen molar-refractivity contribution in [3.8, 4) is 11.5 Å². The molecule has 0 unspecified atom stereocenters. The van der Waals surface area contributed by atoms with E-state index in [1.54, 1.807) is 0 Å². The molecule has 192 valence electrons. The molecule has 12 heteroatoms. The van der Waals surface area contributed by atoms with Gasteiger partial charge in [-0.15, -0.1) is 0 Å². The van der Waals surface area contributed by atoms with Gasteiger partial charge in [0, 0.05) is 36.9 Å². The number of aromatic nitrogens is 1. The van der Waals surface area contributed by atoms with Gasteiger partial charge in [-0.1, -0.05) is 36.2 Å². The molecular formula is C24H19Cl2F4NO5. The summed E-state index contributed by atoms with van der Waals surface area (Å²) < 4.78 is 67.7. The van der Waals surface area contributed by atoms with Gasteiger partial charge in [-0.3, -0.25) is 4.79 Å². The highest BCUT2D eigenvalue weighted by Crippen LogP contribution is 2.51. The SMILES string of the molecule is COC(=O)c1ccc(Oc2ccc([C@@H](C)[C@@](O)(c3ccc(=O)n(C)c3)C(F)(F)F)c(Cl)c2Cl)cc1F. The fraction of sp³-hybridized carbons (Fsp3) is 0.250. The molecule has 1 heterocycles. The van der Waals surface area contributed by atoms with E-state index in [2.05, 4.69) is 4.74 Å². The predicted molar refractivity (Wildman–Crippen MR) is 124 cm³/mol. The van der Waals surface area contributed by atoms with Crippen LogP contribution in [0.25, 0.3) is 0 Å². The van der Waals surface area contributed by atoms with E-state index in [1.807, 2.05) is 0 Å². The van der Waals surface area contributed by atoms with Crippen LogP contribution in [0.2, 0.25) is 10.0 Å². The van der Waals surface area contributed by atoms with Crippen LogP contribution in [-0.2, 0) is 17.4 Å². The van der Waals surface area contributed by atoms with Crippen LogP contribution >= 0.6 is 23.2 Å². The third kappa shape index (κ3) is 4.93. The summed E-state index contributed by atoms with van der Waals surface area (Å²) in [6.45, 7) is 1.11. The number of esters is 1. The lowest BCUT2D eigenvalue weighted by Gasteiger charge is -2.37. The second-order valence-electron chi connectivity index (χ2n) is 7.87. The lowest BCUT2D eigenvalue weighted by atomic mass is 9.78. The number of ether oxygens (including phenoxy) is 2. The Bertz CT molecular complexity index is 1380. The molecule has 0 aliphatic rings. The number of hydrogen-bond acceptors (Lipinski definition) is 5. The molecule has 2 aromatic carbocycles. The fourth-order valence-electron chi connectivity index (χ4n) is 3.63. The summed E-state index contributed by atoms with van der Waals surface area (Å²) in [5.74, 6) is -3.68. The Morgan fingerprint density at radius 3 is 2.31 bits per heavy atom. The van der Waals surface area contributed by atoms with E-state index in [4.69, 9.17) is 27.9 Å². The van der Waals surface area contributed by atoms with Crippen molar-refractivity contribution in [1.29, 1.82) is 0 Å². The number of halogens is 6. The Morgan fingerprint density at radius 2 is 1.75 bits per heavy atom. The van der Waals surface area contributed by atoms with Crippen molar-refractivity contribution in [3.63, 3.8) is 0 Å². The van der Waals surface area contributed by atoms with E-state index in [0.717, 1.165) is 49.1 Å². The Labute approximate surface area is 212 Å². The summed E-state index contributed by atoms with van der Waals surface area (Å²) in [7, 11) is 2.35. The molecule has 0 saturated carbocycles. The van der Waals surface area contributed by atoms with E-state index >= 15 is 0 Å². The van der Waals surface area contributed by atoms with Crippen molar-refractivity contribution >= 4 is 29.2 Å². The number of aryl methyl sites for hydroxylation is 1. The Morgan fingerprint density at radius 1 is 1.08 bits per heavy atom. The van der Waals surface area contributed by atoms with Crippen molar-refractivity contribution in [1.82, 2.24) is 4.57 Å². The quantitative estimate of drug-likeness (QED) is 0.304. The van der Waals surface area contributed by atoms with Crippen molar-refractivity contribution in [2.24, 2.45) is 7.05 Å². The third-order valence-corrected chi connectivity index (χ3v) is 6.58. The number of benzene rings is 2. The van der Waals surface area contributed by atoms with Gasteiger partial charge < -0.3 is 19.1 Å². The average Bonchev–Trinajstić information content (AvgIpc) is 2.82. The molecule has 6 nitrogen and oxygen atoms in total. The summed E-state index contributed by atoms with van der Waals surface area (Å²) in [5.41, 5.74) is -5.05. The highest BCUT2D eigenvalue weighted by molar-refractivity contribution is 6.43. The van der Waals surface area contributed by atoms with Gasteiger partial charge in [-0.05, 0) is 29.8 Å². The van der Waals surface area contributed by atoms with Crippen molar-refractivity contribution in [2.45, 2.75) is 24.6 Å². The molecular weight excluding hydrogens is 529 g/mol. The van der Waals surface area contributed by atoms with Gasteiger partial charge in [0.1, 0.15) is 22.3 Å². The zero-order chi connectivity index (χ0) is 27.0. The normalized spacial score (nSPS) is 14.2. The molecule has 0 aliphatic carbocycles. The van der Waals surface area contributed by atoms with E-state index in [9.17, 15) is 32.3 Å². The number of pyridine rings is 1. The number of methoxy groups -OCH3 is 1. The minimum absolute atomic E-state index is 0.0732. The summed E-state index contributed by atoms with van der Waals surface area (Å²) in [5, 5.41) is 10.3. The van der Waals surface area contributed by atoms with Gasteiger partial charge in [-0.2, -0.15) is 13.2 Å². The topological polar surface area (TPSA) is 77.8 Å². The van der Waals surface area contributed by atoms with Crippen LogP contribution in [0.1, 0.15) is 34.3 Å². The Balaban J connectivity index is 2.02. The molecule has 0 amide bonds. The summed E-state index contributed by atoms with van der Waals surface area (Å²) in [6.07, 6.45) is -4.26. The van der Waals surface area contributed by atoms with Crippen LogP contribution in [0.4, 0.5) is 17.6 Å². The van der Waals surface area contributed by atoms with Crippen molar-refractivity contribution < 1.29 is 36.9 Å². The number of carbonyl (C=O) groups is 1. The van der Waals surface area contributed by atoms with Crippen LogP contribution in [-0.4, -0.2) is 28.9 Å². The smallest absolute Gasteiger partial charge is 0.422 e. The molecule has 2 atom stereocenters. The first-order valence-corrected chi connectivity index (χ1v) is 11.0. The zero-order valence-corrected chi connectivity index (χ0v) is 20.5. The first kappa shape index (κ1) is 27.5. The minimum Gasteiger partial charge on any atom is -0.465 e. The lowest BCUT2D eigenvalue weighted by molar-refractivity contribution is -0.274. The standard InChI is InChI=1S/C24H19Cl2F4NO5/c1-12(23(34,24(28,29)30)13-4-9-19(32)31(2)11-13)15-7-8-18(21(26)20(15)25)36-14-5-6-16(17(27)10-14)22(33)35-3/h4-12,34H,1-3H3/t12-,23-/m1/s1. The number of nitrogens with zero attached hydrogens (tertiary/aromatic N) is 1. The summed E-state index contributed by atoms with van der Waals surface area (Å²) >= 11 is 12.6. The van der Waals surface area contributed by atoms with Gasteiger partial charge in [0.15, 0.2) is 5.60 Å². The number of aliphatic hydroxyl groups is 1. The first-order valence-electron chi connectivity index (χ1n) is 10.2. The van der Waals surface area contributed by atoms with Crippen LogP contribution in [0, 0.1) is 5.82 Å². The molecule has 0 fully saturated rings. The molecule has 1 N–H and O–H groups in total. The van der Waals surface area contributed by atoms with Crippen LogP contribution in [0.15, 0.2) is 53.5 Å². The number of rotatable bonds is 6. The van der Waals surface area contributed by atoms with Crippen LogP contribution in [0.3, 0.4) is 0 Å². The number of carbonyl (C=O) groups excluding carboxylic acids is 1. The Kier molecular flexibility index (Phi) is 7.73. The molecule has 1 aromatic heterocycles. The summed E-state index contributed by atoms with van der Waals surface area (Å²) in [4.78, 5) is 23.2.